The summed E-state index contributed by atoms with van der Waals surface area (Å²) in [6, 6.07) is 7.16. The Morgan fingerprint density at radius 1 is 1.27 bits per heavy atom. The Labute approximate surface area is 90.6 Å². The number of ether oxygens (including phenoxy) is 1. The van der Waals surface area contributed by atoms with Gasteiger partial charge in [0.1, 0.15) is 5.60 Å². The van der Waals surface area contributed by atoms with Crippen LogP contribution in [0.2, 0.25) is 0 Å². The normalized spacial score (nSPS) is 10.9. The maximum Gasteiger partial charge on any atom is 0.338 e. The molecule has 0 atom stereocenters. The Kier molecular flexibility index (Phi) is 3.30. The summed E-state index contributed by atoms with van der Waals surface area (Å²) in [5.74, 6) is -0.293. The van der Waals surface area contributed by atoms with Crippen molar-refractivity contribution in [2.24, 2.45) is 0 Å². The van der Waals surface area contributed by atoms with Gasteiger partial charge in [-0.2, -0.15) is 0 Å². The van der Waals surface area contributed by atoms with Gasteiger partial charge in [0, 0.05) is 0 Å². The fourth-order valence-corrected chi connectivity index (χ4v) is 1.09. The van der Waals surface area contributed by atoms with Gasteiger partial charge in [0.15, 0.2) is 0 Å². The lowest BCUT2D eigenvalue weighted by molar-refractivity contribution is 0.00696. The van der Waals surface area contributed by atoms with E-state index in [9.17, 15) is 4.79 Å². The average Bonchev–Trinajstić information content (AvgIpc) is 2.15. The minimum Gasteiger partial charge on any atom is -0.456 e. The average molecular weight is 204 g/mol. The smallest absolute Gasteiger partial charge is 0.338 e. The first kappa shape index (κ1) is 11.5. The molecule has 0 unspecified atom stereocenters. The van der Waals surface area contributed by atoms with Gasteiger partial charge < -0.3 is 4.74 Å². The number of hydrogen-bond acceptors (Lipinski definition) is 2. The number of carbonyl (C=O) groups excluding carboxylic acids is 1. The van der Waals surface area contributed by atoms with E-state index in [-0.39, 0.29) is 5.97 Å². The Morgan fingerprint density at radius 2 is 1.80 bits per heavy atom. The summed E-state index contributed by atoms with van der Waals surface area (Å²) in [5.41, 5.74) is 1.10. The van der Waals surface area contributed by atoms with Crippen LogP contribution in [0.25, 0.3) is 6.08 Å². The van der Waals surface area contributed by atoms with Crippen LogP contribution in [0.5, 0.6) is 0 Å². The number of esters is 1. The summed E-state index contributed by atoms with van der Waals surface area (Å²) in [6.07, 6.45) is 1.73. The zero-order valence-electron chi connectivity index (χ0n) is 9.41. The van der Waals surface area contributed by atoms with Gasteiger partial charge in [-0.15, -0.1) is 0 Å². The van der Waals surface area contributed by atoms with Crippen molar-refractivity contribution in [1.82, 2.24) is 0 Å². The van der Waals surface area contributed by atoms with Crippen LogP contribution in [0.3, 0.4) is 0 Å². The predicted octanol–water partition coefficient (Wildman–Crippen LogP) is 3.28. The predicted molar refractivity (Wildman–Crippen MR) is 61.7 cm³/mol. The molecule has 0 aliphatic carbocycles. The highest BCUT2D eigenvalue weighted by atomic mass is 16.6. The summed E-state index contributed by atoms with van der Waals surface area (Å²) < 4.78 is 5.23. The third-order valence-electron chi connectivity index (χ3n) is 1.78. The summed E-state index contributed by atoms with van der Waals surface area (Å²) in [7, 11) is 0. The molecule has 0 aliphatic heterocycles. The molecule has 0 aromatic heterocycles. The summed E-state index contributed by atoms with van der Waals surface area (Å²) in [6.45, 7) is 9.20. The maximum absolute atomic E-state index is 11.6. The van der Waals surface area contributed by atoms with E-state index < -0.39 is 5.60 Å². The lowest BCUT2D eigenvalue weighted by atomic mass is 10.1. The number of benzene rings is 1. The molecule has 0 saturated heterocycles. The zero-order chi connectivity index (χ0) is 11.5. The first-order chi connectivity index (χ1) is 6.92. The largest absolute Gasteiger partial charge is 0.456 e. The van der Waals surface area contributed by atoms with Gasteiger partial charge in [-0.1, -0.05) is 24.8 Å². The van der Waals surface area contributed by atoms with Crippen LogP contribution in [-0.4, -0.2) is 11.6 Å². The molecular formula is C13H16O2. The van der Waals surface area contributed by atoms with Crippen LogP contribution >= 0.6 is 0 Å². The third-order valence-corrected chi connectivity index (χ3v) is 1.78. The monoisotopic (exact) mass is 204 g/mol. The van der Waals surface area contributed by atoms with E-state index in [1.807, 2.05) is 32.9 Å². The molecule has 1 rings (SSSR count). The van der Waals surface area contributed by atoms with Gasteiger partial charge in [0.25, 0.3) is 0 Å². The molecule has 0 bridgehead atoms. The highest BCUT2D eigenvalue weighted by Crippen LogP contribution is 2.13. The van der Waals surface area contributed by atoms with E-state index in [1.165, 1.54) is 0 Å². The highest BCUT2D eigenvalue weighted by molar-refractivity contribution is 5.89. The van der Waals surface area contributed by atoms with Crippen molar-refractivity contribution in [3.8, 4) is 0 Å². The third kappa shape index (κ3) is 3.58. The number of rotatable bonds is 2. The lowest BCUT2D eigenvalue weighted by Gasteiger charge is -2.19. The fourth-order valence-electron chi connectivity index (χ4n) is 1.09. The first-order valence-corrected chi connectivity index (χ1v) is 4.88. The van der Waals surface area contributed by atoms with E-state index in [0.29, 0.717) is 5.56 Å². The molecule has 0 amide bonds. The van der Waals surface area contributed by atoms with Crippen LogP contribution < -0.4 is 0 Å². The highest BCUT2D eigenvalue weighted by Gasteiger charge is 2.17. The van der Waals surface area contributed by atoms with E-state index in [1.54, 1.807) is 18.2 Å². The van der Waals surface area contributed by atoms with Crippen molar-refractivity contribution in [3.63, 3.8) is 0 Å². The molecule has 0 fully saturated rings. The van der Waals surface area contributed by atoms with Crippen LogP contribution in [0.1, 0.15) is 36.7 Å². The van der Waals surface area contributed by atoms with E-state index in [0.717, 1.165) is 5.56 Å². The van der Waals surface area contributed by atoms with E-state index >= 15 is 0 Å². The Balaban J connectivity index is 2.79. The molecule has 1 aromatic carbocycles. The summed E-state index contributed by atoms with van der Waals surface area (Å²) >= 11 is 0. The second-order valence-corrected chi connectivity index (χ2v) is 4.33. The van der Waals surface area contributed by atoms with Gasteiger partial charge in [0.2, 0.25) is 0 Å². The van der Waals surface area contributed by atoms with E-state index in [4.69, 9.17) is 4.74 Å². The lowest BCUT2D eigenvalue weighted by Crippen LogP contribution is -2.23. The van der Waals surface area contributed by atoms with Gasteiger partial charge in [0.05, 0.1) is 5.56 Å². The topological polar surface area (TPSA) is 26.3 Å². The van der Waals surface area contributed by atoms with Crippen LogP contribution in [0, 0.1) is 0 Å². The van der Waals surface area contributed by atoms with Crippen LogP contribution in [-0.2, 0) is 4.74 Å². The van der Waals surface area contributed by atoms with Crippen molar-refractivity contribution in [3.05, 3.63) is 42.0 Å². The summed E-state index contributed by atoms with van der Waals surface area (Å²) in [5, 5.41) is 0. The Hall–Kier alpha value is -1.57. The molecule has 0 N–H and O–H groups in total. The Morgan fingerprint density at radius 3 is 2.20 bits per heavy atom. The molecular weight excluding hydrogens is 188 g/mol. The number of carbonyl (C=O) groups is 1. The Bertz CT molecular complexity index is 355. The molecule has 2 nitrogen and oxygen atoms in total. The molecule has 0 spiro atoms. The van der Waals surface area contributed by atoms with Crippen molar-refractivity contribution in [2.75, 3.05) is 0 Å². The van der Waals surface area contributed by atoms with Crippen molar-refractivity contribution in [2.45, 2.75) is 26.4 Å². The molecule has 0 saturated carbocycles. The minimum absolute atomic E-state index is 0.293. The maximum atomic E-state index is 11.6. The standard InChI is InChI=1S/C13H16O2/c1-5-10-6-8-11(9-7-10)12(14)15-13(2,3)4/h5-9H,1H2,2-4H3. The fraction of sp³-hybridized carbons (Fsp3) is 0.308. The van der Waals surface area contributed by atoms with Crippen molar-refractivity contribution in [1.29, 1.82) is 0 Å². The van der Waals surface area contributed by atoms with Crippen molar-refractivity contribution < 1.29 is 9.53 Å². The molecule has 2 heteroatoms. The molecule has 15 heavy (non-hydrogen) atoms. The summed E-state index contributed by atoms with van der Waals surface area (Å²) in [4.78, 5) is 11.6. The molecule has 0 heterocycles. The quantitative estimate of drug-likeness (QED) is 0.691. The van der Waals surface area contributed by atoms with Gasteiger partial charge >= 0.3 is 5.97 Å². The zero-order valence-corrected chi connectivity index (χ0v) is 9.41. The van der Waals surface area contributed by atoms with Crippen molar-refractivity contribution >= 4 is 12.0 Å². The molecule has 0 radical (unpaired) electrons. The molecule has 80 valence electrons. The van der Waals surface area contributed by atoms with Crippen LogP contribution in [0.4, 0.5) is 0 Å². The molecule has 0 aliphatic rings. The van der Waals surface area contributed by atoms with Gasteiger partial charge in [-0.05, 0) is 38.5 Å². The van der Waals surface area contributed by atoms with Crippen LogP contribution in [0.15, 0.2) is 30.8 Å². The molecule has 1 aromatic rings. The van der Waals surface area contributed by atoms with Gasteiger partial charge in [-0.3, -0.25) is 0 Å². The second-order valence-electron chi connectivity index (χ2n) is 4.33. The minimum atomic E-state index is -0.450. The SMILES string of the molecule is C=Cc1ccc(C(=O)OC(C)(C)C)cc1. The van der Waals surface area contributed by atoms with E-state index in [2.05, 4.69) is 6.58 Å². The number of hydrogen-bond donors (Lipinski definition) is 0. The van der Waals surface area contributed by atoms with Gasteiger partial charge in [-0.25, -0.2) is 4.79 Å². The second kappa shape index (κ2) is 4.30. The first-order valence-electron chi connectivity index (χ1n) is 4.88.